The summed E-state index contributed by atoms with van der Waals surface area (Å²) in [7, 11) is 0. The first-order chi connectivity index (χ1) is 8.56. The van der Waals surface area contributed by atoms with Crippen LogP contribution in [-0.4, -0.2) is 23.8 Å². The second-order valence-electron chi connectivity index (χ2n) is 4.71. The fourth-order valence-electron chi connectivity index (χ4n) is 2.27. The van der Waals surface area contributed by atoms with Crippen molar-refractivity contribution < 1.29 is 23.9 Å². The molecule has 0 saturated carbocycles. The molecule has 1 fully saturated rings. The molecule has 5 heteroatoms. The van der Waals surface area contributed by atoms with Gasteiger partial charge in [-0.25, -0.2) is 0 Å². The van der Waals surface area contributed by atoms with Crippen LogP contribution in [0, 0.1) is 5.92 Å². The van der Waals surface area contributed by atoms with E-state index < -0.39 is 11.9 Å². The minimum atomic E-state index is -0.689. The minimum absolute atomic E-state index is 0.0514. The fraction of sp³-hybridized carbons (Fsp3) is 0.615. The molecule has 0 aromatic carbocycles. The maximum absolute atomic E-state index is 11.6. The number of allylic oxidation sites excluding steroid dienone is 2. The zero-order valence-electron chi connectivity index (χ0n) is 10.3. The molecule has 5 nitrogen and oxygen atoms in total. The molecule has 0 N–H and O–H groups in total. The molecular weight excluding hydrogens is 236 g/mol. The predicted octanol–water partition coefficient (Wildman–Crippen LogP) is 1.51. The number of ether oxygens (including phenoxy) is 2. The zero-order chi connectivity index (χ0) is 13.1. The van der Waals surface area contributed by atoms with E-state index in [1.54, 1.807) is 6.92 Å². The molecular formula is C13H16O5. The van der Waals surface area contributed by atoms with Crippen LogP contribution in [0.4, 0.5) is 0 Å². The van der Waals surface area contributed by atoms with Gasteiger partial charge in [0.05, 0.1) is 0 Å². The highest BCUT2D eigenvalue weighted by Crippen LogP contribution is 2.23. The molecule has 98 valence electrons. The second-order valence-corrected chi connectivity index (χ2v) is 4.71. The van der Waals surface area contributed by atoms with E-state index in [2.05, 4.69) is 0 Å². The normalized spacial score (nSPS) is 27.8. The number of esters is 2. The predicted molar refractivity (Wildman–Crippen MR) is 61.3 cm³/mol. The lowest BCUT2D eigenvalue weighted by atomic mass is 9.94. The van der Waals surface area contributed by atoms with Crippen LogP contribution in [0.1, 0.15) is 39.0 Å². The first-order valence-electron chi connectivity index (χ1n) is 6.19. The van der Waals surface area contributed by atoms with E-state index >= 15 is 0 Å². The van der Waals surface area contributed by atoms with Crippen molar-refractivity contribution in [3.05, 3.63) is 11.8 Å². The van der Waals surface area contributed by atoms with E-state index in [9.17, 15) is 14.4 Å². The number of hydrogen-bond acceptors (Lipinski definition) is 5. The molecule has 0 amide bonds. The molecule has 1 saturated heterocycles. The van der Waals surface area contributed by atoms with Gasteiger partial charge in [-0.1, -0.05) is 0 Å². The van der Waals surface area contributed by atoms with E-state index in [0.29, 0.717) is 31.4 Å². The number of ketones is 1. The van der Waals surface area contributed by atoms with Crippen LogP contribution in [0.2, 0.25) is 0 Å². The Balaban J connectivity index is 1.78. The van der Waals surface area contributed by atoms with Crippen LogP contribution in [0.15, 0.2) is 11.8 Å². The summed E-state index contributed by atoms with van der Waals surface area (Å²) in [6.07, 6.45) is 4.35. The van der Waals surface area contributed by atoms with E-state index in [0.717, 1.165) is 6.42 Å². The van der Waals surface area contributed by atoms with E-state index in [4.69, 9.17) is 9.47 Å². The topological polar surface area (TPSA) is 69.7 Å². The average molecular weight is 252 g/mol. The Morgan fingerprint density at radius 3 is 2.67 bits per heavy atom. The Hall–Kier alpha value is -1.65. The summed E-state index contributed by atoms with van der Waals surface area (Å²) in [5.74, 6) is -1.15. The van der Waals surface area contributed by atoms with Gasteiger partial charge >= 0.3 is 11.9 Å². The molecule has 2 rings (SSSR count). The van der Waals surface area contributed by atoms with Crippen LogP contribution in [-0.2, 0) is 23.9 Å². The molecule has 2 atom stereocenters. The van der Waals surface area contributed by atoms with Crippen LogP contribution >= 0.6 is 0 Å². The van der Waals surface area contributed by atoms with Crippen LogP contribution < -0.4 is 0 Å². The summed E-state index contributed by atoms with van der Waals surface area (Å²) in [5, 5.41) is 0. The highest BCUT2D eigenvalue weighted by molar-refractivity contribution is 6.07. The van der Waals surface area contributed by atoms with Gasteiger partial charge < -0.3 is 9.47 Å². The summed E-state index contributed by atoms with van der Waals surface area (Å²) >= 11 is 0. The fourth-order valence-corrected chi connectivity index (χ4v) is 2.27. The van der Waals surface area contributed by atoms with E-state index in [1.807, 2.05) is 0 Å². The molecule has 0 aliphatic carbocycles. The highest BCUT2D eigenvalue weighted by atomic mass is 16.5. The smallest absolute Gasteiger partial charge is 0.321 e. The molecule has 0 aromatic heterocycles. The quantitative estimate of drug-likeness (QED) is 0.560. The Labute approximate surface area is 105 Å². The molecule has 2 aliphatic heterocycles. The summed E-state index contributed by atoms with van der Waals surface area (Å²) in [6, 6.07) is 0. The lowest BCUT2D eigenvalue weighted by Gasteiger charge is -2.18. The third kappa shape index (κ3) is 2.97. The Morgan fingerprint density at radius 1 is 1.28 bits per heavy atom. The zero-order valence-corrected chi connectivity index (χ0v) is 10.3. The van der Waals surface area contributed by atoms with Crippen molar-refractivity contribution in [2.45, 2.75) is 45.1 Å². The molecule has 2 heterocycles. The van der Waals surface area contributed by atoms with Gasteiger partial charge in [-0.05, 0) is 32.6 Å². The van der Waals surface area contributed by atoms with E-state index in [-0.39, 0.29) is 17.9 Å². The van der Waals surface area contributed by atoms with Crippen molar-refractivity contribution in [2.75, 3.05) is 0 Å². The Kier molecular flexibility index (Phi) is 3.79. The SMILES string of the molecule is CC1=CC(=O)C(CCCC2CCC(=O)O2)C(=O)O1. The average Bonchev–Trinajstić information content (AvgIpc) is 2.68. The van der Waals surface area contributed by atoms with Gasteiger partial charge in [-0.15, -0.1) is 0 Å². The number of rotatable bonds is 4. The number of carbonyl (C=O) groups is 3. The molecule has 0 aromatic rings. The van der Waals surface area contributed by atoms with Gasteiger partial charge in [0.15, 0.2) is 5.78 Å². The molecule has 18 heavy (non-hydrogen) atoms. The monoisotopic (exact) mass is 252 g/mol. The van der Waals surface area contributed by atoms with Crippen molar-refractivity contribution in [3.63, 3.8) is 0 Å². The molecule has 0 spiro atoms. The van der Waals surface area contributed by atoms with Gasteiger partial charge in [0.2, 0.25) is 0 Å². The van der Waals surface area contributed by atoms with Crippen molar-refractivity contribution in [3.8, 4) is 0 Å². The lowest BCUT2D eigenvalue weighted by molar-refractivity contribution is -0.150. The number of hydrogen-bond donors (Lipinski definition) is 0. The van der Waals surface area contributed by atoms with E-state index in [1.165, 1.54) is 6.08 Å². The first-order valence-corrected chi connectivity index (χ1v) is 6.19. The summed E-state index contributed by atoms with van der Waals surface area (Å²) < 4.78 is 9.99. The van der Waals surface area contributed by atoms with Gasteiger partial charge in [0.25, 0.3) is 0 Å². The van der Waals surface area contributed by atoms with Gasteiger partial charge in [-0.3, -0.25) is 14.4 Å². The minimum Gasteiger partial charge on any atom is -0.462 e. The van der Waals surface area contributed by atoms with Gasteiger partial charge in [0.1, 0.15) is 17.8 Å². The van der Waals surface area contributed by atoms with Crippen molar-refractivity contribution >= 4 is 17.7 Å². The largest absolute Gasteiger partial charge is 0.462 e. The van der Waals surface area contributed by atoms with Gasteiger partial charge in [0, 0.05) is 12.5 Å². The van der Waals surface area contributed by atoms with Crippen molar-refractivity contribution in [2.24, 2.45) is 5.92 Å². The highest BCUT2D eigenvalue weighted by Gasteiger charge is 2.31. The molecule has 0 radical (unpaired) electrons. The van der Waals surface area contributed by atoms with Crippen molar-refractivity contribution in [1.29, 1.82) is 0 Å². The Bertz CT molecular complexity index is 410. The van der Waals surface area contributed by atoms with Crippen LogP contribution in [0.3, 0.4) is 0 Å². The molecule has 2 aliphatic rings. The summed E-state index contributed by atoms with van der Waals surface area (Å²) in [5.41, 5.74) is 0. The number of carbonyl (C=O) groups excluding carboxylic acids is 3. The maximum Gasteiger partial charge on any atom is 0.321 e. The second kappa shape index (κ2) is 5.33. The van der Waals surface area contributed by atoms with Crippen molar-refractivity contribution in [1.82, 2.24) is 0 Å². The van der Waals surface area contributed by atoms with Gasteiger partial charge in [-0.2, -0.15) is 0 Å². The maximum atomic E-state index is 11.6. The summed E-state index contributed by atoms with van der Waals surface area (Å²) in [4.78, 5) is 34.1. The summed E-state index contributed by atoms with van der Waals surface area (Å²) in [6.45, 7) is 1.59. The standard InChI is InChI=1S/C13H16O5/c1-8-7-11(14)10(13(16)17-8)4-2-3-9-5-6-12(15)18-9/h7,9-10H,2-6H2,1H3. The number of cyclic esters (lactones) is 2. The third-order valence-electron chi connectivity index (χ3n) is 3.22. The molecule has 0 bridgehead atoms. The van der Waals surface area contributed by atoms with Crippen LogP contribution in [0.25, 0.3) is 0 Å². The van der Waals surface area contributed by atoms with Crippen LogP contribution in [0.5, 0.6) is 0 Å². The third-order valence-corrected chi connectivity index (χ3v) is 3.22. The molecule has 2 unspecified atom stereocenters. The lowest BCUT2D eigenvalue weighted by Crippen LogP contribution is -2.29. The Morgan fingerprint density at radius 2 is 2.06 bits per heavy atom. The first kappa shape index (κ1) is 12.8.